The van der Waals surface area contributed by atoms with Gasteiger partial charge >= 0.3 is 0 Å². The molecule has 0 fully saturated rings. The van der Waals surface area contributed by atoms with Gasteiger partial charge in [0.05, 0.1) is 5.41 Å². The third kappa shape index (κ3) is 1.97. The summed E-state index contributed by atoms with van der Waals surface area (Å²) in [5.74, 6) is 5.81. The molecule has 0 saturated heterocycles. The van der Waals surface area contributed by atoms with Gasteiger partial charge in [0.25, 0.3) is 0 Å². The highest BCUT2D eigenvalue weighted by Gasteiger charge is 2.47. The average molecular weight is 292 g/mol. The van der Waals surface area contributed by atoms with E-state index in [2.05, 4.69) is 73.9 Å². The number of para-hydroxylation sites is 1. The van der Waals surface area contributed by atoms with Crippen LogP contribution in [0.5, 0.6) is 0 Å². The van der Waals surface area contributed by atoms with Crippen LogP contribution in [0.15, 0.2) is 53.6 Å². The molecule has 3 rings (SSSR count). The van der Waals surface area contributed by atoms with Crippen molar-refractivity contribution in [3.8, 4) is 0 Å². The lowest BCUT2D eigenvalue weighted by atomic mass is 9.78. The number of benzene rings is 2. The first-order chi connectivity index (χ1) is 10.5. The molecule has 1 aliphatic rings. The first-order valence-corrected chi connectivity index (χ1v) is 7.53. The Morgan fingerprint density at radius 2 is 1.68 bits per heavy atom. The van der Waals surface area contributed by atoms with Gasteiger partial charge in [0.1, 0.15) is 7.05 Å². The molecule has 0 bridgehead atoms. The molecule has 0 saturated carbocycles. The Bertz CT molecular complexity index is 798. The second-order valence-corrected chi connectivity index (χ2v) is 6.34. The third-order valence-electron chi connectivity index (χ3n) is 4.62. The predicted octanol–water partition coefficient (Wildman–Crippen LogP) is 3.36. The molecule has 0 unspecified atom stereocenters. The number of aryl methyl sites for hydroxylation is 1. The minimum Gasteiger partial charge on any atom is -0.322 e. The van der Waals surface area contributed by atoms with E-state index in [1.54, 1.807) is 0 Å². The number of hydrogen-bond donors (Lipinski definition) is 1. The molecule has 0 amide bonds. The normalized spacial score (nSPS) is 16.8. The first kappa shape index (κ1) is 14.5. The van der Waals surface area contributed by atoms with Gasteiger partial charge in [0.15, 0.2) is 5.71 Å². The van der Waals surface area contributed by atoms with Crippen molar-refractivity contribution in [2.45, 2.75) is 26.2 Å². The zero-order valence-corrected chi connectivity index (χ0v) is 13.6. The molecule has 22 heavy (non-hydrogen) atoms. The molecule has 2 aromatic carbocycles. The van der Waals surface area contributed by atoms with Crippen LogP contribution in [0.2, 0.25) is 0 Å². The molecule has 0 radical (unpaired) electrons. The summed E-state index contributed by atoms with van der Waals surface area (Å²) in [5.41, 5.74) is 6.67. The van der Waals surface area contributed by atoms with Gasteiger partial charge in [0.2, 0.25) is 11.4 Å². The predicted molar refractivity (Wildman–Crippen MR) is 92.2 cm³/mol. The SMILES string of the molecule is Cc1ccccc1C(=NN)C1=[N+](C)c2ccccc2C1(C)C. The summed E-state index contributed by atoms with van der Waals surface area (Å²) >= 11 is 0. The van der Waals surface area contributed by atoms with Gasteiger partial charge in [-0.05, 0) is 26.3 Å². The minimum atomic E-state index is -0.133. The lowest BCUT2D eigenvalue weighted by Gasteiger charge is -2.19. The van der Waals surface area contributed by atoms with Crippen molar-refractivity contribution in [2.24, 2.45) is 10.9 Å². The molecule has 2 N–H and O–H groups in total. The molecule has 0 atom stereocenters. The number of fused-ring (bicyclic) bond motifs is 1. The topological polar surface area (TPSA) is 41.4 Å². The highest BCUT2D eigenvalue weighted by Crippen LogP contribution is 2.39. The molecule has 0 aliphatic carbocycles. The van der Waals surface area contributed by atoms with E-state index < -0.39 is 0 Å². The number of nitrogens with two attached hydrogens (primary N) is 1. The van der Waals surface area contributed by atoms with Gasteiger partial charge in [-0.1, -0.05) is 42.5 Å². The molecule has 0 spiro atoms. The van der Waals surface area contributed by atoms with Gasteiger partial charge in [-0.25, -0.2) is 0 Å². The number of hydrogen-bond acceptors (Lipinski definition) is 2. The van der Waals surface area contributed by atoms with E-state index in [0.717, 1.165) is 17.0 Å². The van der Waals surface area contributed by atoms with Crippen molar-refractivity contribution in [1.29, 1.82) is 0 Å². The Labute approximate surface area is 131 Å². The van der Waals surface area contributed by atoms with Crippen LogP contribution in [-0.4, -0.2) is 23.0 Å². The Balaban J connectivity index is 2.24. The maximum atomic E-state index is 5.81. The summed E-state index contributed by atoms with van der Waals surface area (Å²) < 4.78 is 2.22. The third-order valence-corrected chi connectivity index (χ3v) is 4.62. The first-order valence-electron chi connectivity index (χ1n) is 7.53. The van der Waals surface area contributed by atoms with Gasteiger partial charge in [-0.2, -0.15) is 9.68 Å². The van der Waals surface area contributed by atoms with E-state index in [-0.39, 0.29) is 5.41 Å². The van der Waals surface area contributed by atoms with Crippen LogP contribution in [0.25, 0.3) is 0 Å². The van der Waals surface area contributed by atoms with Crippen molar-refractivity contribution in [3.05, 3.63) is 65.2 Å². The van der Waals surface area contributed by atoms with Crippen LogP contribution in [0.3, 0.4) is 0 Å². The van der Waals surface area contributed by atoms with Crippen LogP contribution in [0.4, 0.5) is 5.69 Å². The fourth-order valence-corrected chi connectivity index (χ4v) is 3.51. The van der Waals surface area contributed by atoms with Crippen LogP contribution in [0.1, 0.15) is 30.5 Å². The smallest absolute Gasteiger partial charge is 0.220 e. The quantitative estimate of drug-likeness (QED) is 0.392. The monoisotopic (exact) mass is 292 g/mol. The second-order valence-electron chi connectivity index (χ2n) is 6.34. The lowest BCUT2D eigenvalue weighted by molar-refractivity contribution is -0.400. The summed E-state index contributed by atoms with van der Waals surface area (Å²) in [6, 6.07) is 16.7. The summed E-state index contributed by atoms with van der Waals surface area (Å²) in [4.78, 5) is 0. The Hall–Kier alpha value is -2.42. The zero-order valence-electron chi connectivity index (χ0n) is 13.6. The Morgan fingerprint density at radius 1 is 1.05 bits per heavy atom. The van der Waals surface area contributed by atoms with Crippen molar-refractivity contribution < 1.29 is 4.58 Å². The maximum Gasteiger partial charge on any atom is 0.220 e. The van der Waals surface area contributed by atoms with Crippen molar-refractivity contribution >= 4 is 17.1 Å². The largest absolute Gasteiger partial charge is 0.322 e. The molecular weight excluding hydrogens is 270 g/mol. The fraction of sp³-hybridized carbons (Fsp3) is 0.263. The van der Waals surface area contributed by atoms with Crippen molar-refractivity contribution in [3.63, 3.8) is 0 Å². The molecule has 1 aliphatic heterocycles. The van der Waals surface area contributed by atoms with Crippen LogP contribution in [-0.2, 0) is 5.41 Å². The minimum absolute atomic E-state index is 0.133. The highest BCUT2D eigenvalue weighted by atomic mass is 15.1. The average Bonchev–Trinajstić information content (AvgIpc) is 2.71. The zero-order chi connectivity index (χ0) is 15.9. The molecule has 0 aromatic heterocycles. The van der Waals surface area contributed by atoms with E-state index in [1.165, 1.54) is 16.8 Å². The van der Waals surface area contributed by atoms with Gasteiger partial charge < -0.3 is 5.84 Å². The highest BCUT2D eigenvalue weighted by molar-refractivity contribution is 6.50. The number of nitrogens with zero attached hydrogens (tertiary/aromatic N) is 2. The lowest BCUT2D eigenvalue weighted by Crippen LogP contribution is -2.37. The number of hydrazone groups is 1. The van der Waals surface area contributed by atoms with Crippen LogP contribution < -0.4 is 5.84 Å². The summed E-state index contributed by atoms with van der Waals surface area (Å²) in [7, 11) is 2.09. The molecule has 2 aromatic rings. The standard InChI is InChI=1S/C19H21N3/c1-13-9-5-6-10-14(13)17(21-20)18-19(2,3)15-11-7-8-12-16(15)22(18)4/h5-12,20H,1-4H3/p+1. The molecule has 1 heterocycles. The number of rotatable bonds is 2. The van der Waals surface area contributed by atoms with Gasteiger partial charge in [0, 0.05) is 17.2 Å². The van der Waals surface area contributed by atoms with Crippen LogP contribution in [0, 0.1) is 6.92 Å². The van der Waals surface area contributed by atoms with E-state index in [9.17, 15) is 0 Å². The maximum absolute atomic E-state index is 5.81. The fourth-order valence-electron chi connectivity index (χ4n) is 3.51. The van der Waals surface area contributed by atoms with E-state index in [4.69, 9.17) is 5.84 Å². The van der Waals surface area contributed by atoms with Gasteiger partial charge in [-0.3, -0.25) is 0 Å². The van der Waals surface area contributed by atoms with Crippen molar-refractivity contribution in [1.82, 2.24) is 0 Å². The Morgan fingerprint density at radius 3 is 2.32 bits per heavy atom. The molecular formula is C19H22N3+. The summed E-state index contributed by atoms with van der Waals surface area (Å²) in [6.45, 7) is 6.55. The van der Waals surface area contributed by atoms with Gasteiger partial charge in [-0.15, -0.1) is 0 Å². The Kier molecular flexibility index (Phi) is 3.36. The molecule has 3 heteroatoms. The molecule has 112 valence electrons. The van der Waals surface area contributed by atoms with Crippen LogP contribution >= 0.6 is 0 Å². The van der Waals surface area contributed by atoms with Crippen molar-refractivity contribution in [2.75, 3.05) is 7.05 Å². The van der Waals surface area contributed by atoms with E-state index >= 15 is 0 Å². The molecule has 3 nitrogen and oxygen atoms in total. The summed E-state index contributed by atoms with van der Waals surface area (Å²) in [5, 5.41) is 4.17. The summed E-state index contributed by atoms with van der Waals surface area (Å²) in [6.07, 6.45) is 0. The van der Waals surface area contributed by atoms with E-state index in [0.29, 0.717) is 0 Å². The second kappa shape index (κ2) is 5.09. The van der Waals surface area contributed by atoms with E-state index in [1.807, 2.05) is 12.1 Å².